The number of hydrogen-bond acceptors (Lipinski definition) is 6. The summed E-state index contributed by atoms with van der Waals surface area (Å²) in [5, 5.41) is 0. The Morgan fingerprint density at radius 3 is 1.23 bits per heavy atom. The minimum Gasteiger partial charge on any atom is -0.462 e. The molecule has 0 radical (unpaired) electrons. The van der Waals surface area contributed by atoms with Crippen molar-refractivity contribution < 1.29 is 28.6 Å². The largest absolute Gasteiger partial charge is 0.462 e. The van der Waals surface area contributed by atoms with Gasteiger partial charge in [-0.2, -0.15) is 0 Å². The fraction of sp³-hybridized carbons (Fsp3) is 0.648. The van der Waals surface area contributed by atoms with E-state index in [0.29, 0.717) is 19.3 Å². The zero-order valence-electron chi connectivity index (χ0n) is 38.7. The van der Waals surface area contributed by atoms with E-state index in [4.69, 9.17) is 14.2 Å². The van der Waals surface area contributed by atoms with Crippen molar-refractivity contribution in [1.29, 1.82) is 0 Å². The highest BCUT2D eigenvalue weighted by Gasteiger charge is 2.19. The summed E-state index contributed by atoms with van der Waals surface area (Å²) < 4.78 is 16.7. The van der Waals surface area contributed by atoms with Crippen LogP contribution in [0.3, 0.4) is 0 Å². The molecule has 0 amide bonds. The first-order chi connectivity index (χ1) is 29.5. The molecule has 0 bridgehead atoms. The van der Waals surface area contributed by atoms with E-state index >= 15 is 0 Å². The van der Waals surface area contributed by atoms with Crippen molar-refractivity contribution in [3.8, 4) is 0 Å². The molecular weight excluding hydrogens is 745 g/mol. The van der Waals surface area contributed by atoms with E-state index in [1.807, 2.05) is 30.4 Å². The average molecular weight is 833 g/mol. The van der Waals surface area contributed by atoms with Crippen LogP contribution >= 0.6 is 0 Å². The van der Waals surface area contributed by atoms with Crippen LogP contribution in [-0.2, 0) is 28.6 Å². The van der Waals surface area contributed by atoms with Crippen LogP contribution in [0.4, 0.5) is 0 Å². The smallest absolute Gasteiger partial charge is 0.306 e. The van der Waals surface area contributed by atoms with Gasteiger partial charge in [-0.05, 0) is 83.5 Å². The molecule has 0 spiro atoms. The van der Waals surface area contributed by atoms with Crippen LogP contribution < -0.4 is 0 Å². The summed E-state index contributed by atoms with van der Waals surface area (Å²) in [5.41, 5.74) is 0. The summed E-state index contributed by atoms with van der Waals surface area (Å²) in [5.74, 6) is -0.951. The predicted octanol–water partition coefficient (Wildman–Crippen LogP) is 15.8. The van der Waals surface area contributed by atoms with Crippen molar-refractivity contribution in [3.63, 3.8) is 0 Å². The lowest BCUT2D eigenvalue weighted by atomic mass is 10.1. The van der Waals surface area contributed by atoms with Crippen molar-refractivity contribution in [2.75, 3.05) is 13.2 Å². The van der Waals surface area contributed by atoms with Gasteiger partial charge in [0.2, 0.25) is 0 Å². The van der Waals surface area contributed by atoms with Gasteiger partial charge in [-0.15, -0.1) is 0 Å². The molecule has 0 aliphatic heterocycles. The van der Waals surface area contributed by atoms with Gasteiger partial charge in [0.15, 0.2) is 6.10 Å². The highest BCUT2D eigenvalue weighted by molar-refractivity contribution is 5.71. The molecule has 0 saturated carbocycles. The van der Waals surface area contributed by atoms with Crippen molar-refractivity contribution in [1.82, 2.24) is 0 Å². The fourth-order valence-corrected chi connectivity index (χ4v) is 6.25. The van der Waals surface area contributed by atoms with Crippen LogP contribution in [0.5, 0.6) is 0 Å². The molecular formula is C54H88O6. The third kappa shape index (κ3) is 45.4. The molecule has 0 heterocycles. The Balaban J connectivity index is 4.45. The molecule has 0 aliphatic carbocycles. The van der Waals surface area contributed by atoms with Crippen LogP contribution in [0.1, 0.15) is 207 Å². The number of rotatable bonds is 42. The zero-order valence-corrected chi connectivity index (χ0v) is 38.7. The van der Waals surface area contributed by atoms with E-state index in [-0.39, 0.29) is 31.1 Å². The molecule has 60 heavy (non-hydrogen) atoms. The van der Waals surface area contributed by atoms with Gasteiger partial charge >= 0.3 is 17.9 Å². The van der Waals surface area contributed by atoms with Crippen LogP contribution in [-0.4, -0.2) is 37.2 Å². The Morgan fingerprint density at radius 2 is 0.750 bits per heavy atom. The second-order valence-corrected chi connectivity index (χ2v) is 15.8. The molecule has 6 nitrogen and oxygen atoms in total. The Hall–Kier alpha value is -3.67. The molecule has 0 aromatic heterocycles. The van der Waals surface area contributed by atoms with Gasteiger partial charge in [-0.1, -0.05) is 201 Å². The number of allylic oxidation sites excluding steroid dienone is 16. The van der Waals surface area contributed by atoms with Gasteiger partial charge in [-0.3, -0.25) is 14.4 Å². The van der Waals surface area contributed by atoms with Crippen LogP contribution in [0.2, 0.25) is 0 Å². The topological polar surface area (TPSA) is 78.9 Å². The van der Waals surface area contributed by atoms with Gasteiger partial charge in [0.25, 0.3) is 0 Å². The van der Waals surface area contributed by atoms with Gasteiger partial charge in [0.05, 0.1) is 0 Å². The molecule has 0 aromatic carbocycles. The second-order valence-electron chi connectivity index (χ2n) is 15.8. The molecule has 0 rings (SSSR count). The standard InChI is InChI=1S/C54H88O6/c1-4-7-10-13-16-19-22-24-26-27-28-29-31-32-35-38-41-44-47-53(56)59-50-51(49-58-52(55)46-43-40-37-34-21-18-15-12-9-6-3)60-54(57)48-45-42-39-36-33-30-25-23-20-17-14-11-8-5-2/h8,10-11,13,15-20,22,24,26-29,51H,4-7,9,12,14,21,23,25,30-50H2,1-3H3/b11-8-,13-10-,18-15-,19-16-,20-17-,24-22-,27-26-,29-28-. The van der Waals surface area contributed by atoms with Crippen molar-refractivity contribution in [2.24, 2.45) is 0 Å². The maximum Gasteiger partial charge on any atom is 0.306 e. The molecule has 340 valence electrons. The van der Waals surface area contributed by atoms with E-state index in [2.05, 4.69) is 87.6 Å². The average Bonchev–Trinajstić information content (AvgIpc) is 3.24. The SMILES string of the molecule is CC/C=C\C/C=C\CCCCCCCCCC(=O)OC(COC(=O)CCCCCC/C=C\CCCC)COC(=O)CCCCCCC\C=C/C=C\C=C/C=C\C=C/CCC. The maximum atomic E-state index is 12.8. The van der Waals surface area contributed by atoms with Crippen molar-refractivity contribution in [2.45, 2.75) is 213 Å². The summed E-state index contributed by atoms with van der Waals surface area (Å²) in [7, 11) is 0. The molecule has 6 heteroatoms. The van der Waals surface area contributed by atoms with E-state index in [0.717, 1.165) is 122 Å². The minimum atomic E-state index is -0.796. The molecule has 1 atom stereocenters. The van der Waals surface area contributed by atoms with Gasteiger partial charge < -0.3 is 14.2 Å². The molecule has 0 fully saturated rings. The molecule has 0 saturated heterocycles. The van der Waals surface area contributed by atoms with Crippen molar-refractivity contribution in [3.05, 3.63) is 97.2 Å². The third-order valence-electron chi connectivity index (χ3n) is 9.90. The second kappa shape index (κ2) is 48.0. The van der Waals surface area contributed by atoms with E-state index in [1.165, 1.54) is 44.9 Å². The first-order valence-electron chi connectivity index (χ1n) is 24.3. The van der Waals surface area contributed by atoms with E-state index in [9.17, 15) is 14.4 Å². The summed E-state index contributed by atoms with van der Waals surface area (Å²) in [4.78, 5) is 37.8. The number of carbonyl (C=O) groups excluding carboxylic acids is 3. The minimum absolute atomic E-state index is 0.0969. The van der Waals surface area contributed by atoms with Crippen molar-refractivity contribution >= 4 is 17.9 Å². The monoisotopic (exact) mass is 833 g/mol. The quantitative estimate of drug-likeness (QED) is 0.0200. The first kappa shape index (κ1) is 56.3. The first-order valence-corrected chi connectivity index (χ1v) is 24.3. The number of carbonyl (C=O) groups is 3. The van der Waals surface area contributed by atoms with Gasteiger partial charge in [-0.25, -0.2) is 0 Å². The lowest BCUT2D eigenvalue weighted by Crippen LogP contribution is -2.30. The lowest BCUT2D eigenvalue weighted by Gasteiger charge is -2.18. The molecule has 0 N–H and O–H groups in total. The fourth-order valence-electron chi connectivity index (χ4n) is 6.25. The Kier molecular flexibility index (Phi) is 45.1. The molecule has 0 aliphatic rings. The predicted molar refractivity (Wildman–Crippen MR) is 256 cm³/mol. The summed E-state index contributed by atoms with van der Waals surface area (Å²) in [6, 6.07) is 0. The summed E-state index contributed by atoms with van der Waals surface area (Å²) in [6.07, 6.45) is 62.4. The Bertz CT molecular complexity index is 1230. The lowest BCUT2D eigenvalue weighted by molar-refractivity contribution is -0.167. The highest BCUT2D eigenvalue weighted by Crippen LogP contribution is 2.13. The molecule has 1 unspecified atom stereocenters. The van der Waals surface area contributed by atoms with Gasteiger partial charge in [0.1, 0.15) is 13.2 Å². The van der Waals surface area contributed by atoms with Crippen LogP contribution in [0.15, 0.2) is 97.2 Å². The van der Waals surface area contributed by atoms with E-state index < -0.39 is 6.10 Å². The highest BCUT2D eigenvalue weighted by atomic mass is 16.6. The normalized spacial score (nSPS) is 12.9. The Labute approximate surface area is 368 Å². The molecule has 0 aromatic rings. The number of ether oxygens (including phenoxy) is 3. The third-order valence-corrected chi connectivity index (χ3v) is 9.90. The van der Waals surface area contributed by atoms with E-state index in [1.54, 1.807) is 0 Å². The number of esters is 3. The maximum absolute atomic E-state index is 12.8. The van der Waals surface area contributed by atoms with Gasteiger partial charge in [0, 0.05) is 19.3 Å². The van der Waals surface area contributed by atoms with Crippen LogP contribution in [0, 0.1) is 0 Å². The number of hydrogen-bond donors (Lipinski definition) is 0. The summed E-state index contributed by atoms with van der Waals surface area (Å²) in [6.45, 7) is 6.34. The summed E-state index contributed by atoms with van der Waals surface area (Å²) >= 11 is 0. The Morgan fingerprint density at radius 1 is 0.367 bits per heavy atom. The zero-order chi connectivity index (χ0) is 43.7. The number of unbranched alkanes of at least 4 members (excludes halogenated alkanes) is 19. The van der Waals surface area contributed by atoms with Crippen LogP contribution in [0.25, 0.3) is 0 Å².